The molecule has 2 aromatic rings. The number of nitrogens with one attached hydrogen (secondary N) is 1. The first-order valence-electron chi connectivity index (χ1n) is 9.09. The molecule has 2 rings (SSSR count). The number of halogens is 2. The number of ether oxygens (including phenoxy) is 2. The van der Waals surface area contributed by atoms with Crippen LogP contribution in [0.15, 0.2) is 30.5 Å². The fraction of sp³-hybridized carbons (Fsp3) is 0.381. The number of ketones is 1. The van der Waals surface area contributed by atoms with Gasteiger partial charge in [0.1, 0.15) is 11.4 Å². The van der Waals surface area contributed by atoms with Crippen molar-refractivity contribution in [3.63, 3.8) is 0 Å². The molecule has 0 spiro atoms. The lowest BCUT2D eigenvalue weighted by Crippen LogP contribution is -2.35. The van der Waals surface area contributed by atoms with Gasteiger partial charge in [0, 0.05) is 23.4 Å². The number of carbonyl (C=O) groups excluding carboxylic acids is 2. The number of benzene rings is 1. The molecule has 1 N–H and O–H groups in total. The number of rotatable bonds is 6. The summed E-state index contributed by atoms with van der Waals surface area (Å²) in [6, 6.07) is 5.17. The molecular weight excluding hydrogens is 399 g/mol. The van der Waals surface area contributed by atoms with Crippen LogP contribution in [0.4, 0.5) is 9.18 Å². The average molecular weight is 423 g/mol. The van der Waals surface area contributed by atoms with E-state index in [1.165, 1.54) is 37.6 Å². The van der Waals surface area contributed by atoms with E-state index in [9.17, 15) is 9.59 Å². The normalized spacial score (nSPS) is 12.2. The Morgan fingerprint density at radius 1 is 1.24 bits per heavy atom. The molecule has 8 heteroatoms. The summed E-state index contributed by atoms with van der Waals surface area (Å²) in [5.41, 5.74) is -0.659. The lowest BCUT2D eigenvalue weighted by Gasteiger charge is -2.24. The molecule has 0 saturated heterocycles. The fourth-order valence-electron chi connectivity index (χ4n) is 2.68. The first-order valence-corrected chi connectivity index (χ1v) is 9.47. The standard InChI is InChI=1S/C21H24ClFN2O4/c1-6-15(25-20(27)29-21(2,3)4)13-8-9-14(22)17(18(13)23)19(26)12-7-10-16(28-5)24-11-12/h7-11,15H,6H2,1-5H3,(H,25,27)/t15-/m1/s1. The quantitative estimate of drug-likeness (QED) is 0.656. The Hall–Kier alpha value is -2.67. The van der Waals surface area contributed by atoms with E-state index < -0.39 is 29.3 Å². The second-order valence-corrected chi connectivity index (χ2v) is 7.76. The van der Waals surface area contributed by atoms with E-state index >= 15 is 4.39 Å². The second kappa shape index (κ2) is 9.22. The Balaban J connectivity index is 2.37. The molecule has 6 nitrogen and oxygen atoms in total. The summed E-state index contributed by atoms with van der Waals surface area (Å²) in [6.45, 7) is 6.98. The molecule has 29 heavy (non-hydrogen) atoms. The lowest BCUT2D eigenvalue weighted by molar-refractivity contribution is 0.0501. The molecule has 0 radical (unpaired) electrons. The monoisotopic (exact) mass is 422 g/mol. The maximum atomic E-state index is 15.3. The van der Waals surface area contributed by atoms with Gasteiger partial charge in [-0.2, -0.15) is 0 Å². The number of aromatic nitrogens is 1. The van der Waals surface area contributed by atoms with Gasteiger partial charge < -0.3 is 14.8 Å². The van der Waals surface area contributed by atoms with E-state index in [1.54, 1.807) is 27.7 Å². The van der Waals surface area contributed by atoms with E-state index in [2.05, 4.69) is 10.3 Å². The van der Waals surface area contributed by atoms with E-state index in [4.69, 9.17) is 21.1 Å². The maximum Gasteiger partial charge on any atom is 0.408 e. The average Bonchev–Trinajstić information content (AvgIpc) is 2.65. The molecule has 0 fully saturated rings. The highest BCUT2D eigenvalue weighted by Gasteiger charge is 2.26. The molecule has 0 saturated carbocycles. The SMILES string of the molecule is CC[C@@H](NC(=O)OC(C)(C)C)c1ccc(Cl)c(C(=O)c2ccc(OC)nc2)c1F. The molecule has 0 aliphatic rings. The van der Waals surface area contributed by atoms with Crippen LogP contribution in [0.25, 0.3) is 0 Å². The minimum absolute atomic E-state index is 0.0285. The van der Waals surface area contributed by atoms with Crippen molar-refractivity contribution in [3.05, 3.63) is 58.0 Å². The summed E-state index contributed by atoms with van der Waals surface area (Å²) in [5.74, 6) is -1.08. The summed E-state index contributed by atoms with van der Waals surface area (Å²) >= 11 is 6.13. The number of alkyl carbamates (subject to hydrolysis) is 1. The number of carbonyl (C=O) groups is 2. The second-order valence-electron chi connectivity index (χ2n) is 7.35. The van der Waals surface area contributed by atoms with Gasteiger partial charge in [0.05, 0.1) is 23.7 Å². The van der Waals surface area contributed by atoms with Gasteiger partial charge in [0.25, 0.3) is 0 Å². The molecule has 1 atom stereocenters. The van der Waals surface area contributed by atoms with E-state index in [0.717, 1.165) is 0 Å². The van der Waals surface area contributed by atoms with Crippen LogP contribution in [-0.4, -0.2) is 29.6 Å². The van der Waals surface area contributed by atoms with Crippen LogP contribution >= 0.6 is 11.6 Å². The Labute approximate surface area is 174 Å². The summed E-state index contributed by atoms with van der Waals surface area (Å²) in [4.78, 5) is 28.9. The van der Waals surface area contributed by atoms with Crippen molar-refractivity contribution in [2.75, 3.05) is 7.11 Å². The molecule has 1 amide bonds. The van der Waals surface area contributed by atoms with Crippen LogP contribution in [0.2, 0.25) is 5.02 Å². The first kappa shape index (κ1) is 22.6. The molecule has 1 aromatic carbocycles. The highest BCUT2D eigenvalue weighted by atomic mass is 35.5. The third-order valence-electron chi connectivity index (χ3n) is 4.03. The van der Waals surface area contributed by atoms with Crippen molar-refractivity contribution in [1.29, 1.82) is 0 Å². The van der Waals surface area contributed by atoms with Gasteiger partial charge in [-0.3, -0.25) is 4.79 Å². The van der Waals surface area contributed by atoms with Crippen molar-refractivity contribution >= 4 is 23.5 Å². The lowest BCUT2D eigenvalue weighted by atomic mass is 9.97. The molecule has 1 heterocycles. The van der Waals surface area contributed by atoms with Crippen molar-refractivity contribution in [2.45, 2.75) is 45.8 Å². The highest BCUT2D eigenvalue weighted by molar-refractivity contribution is 6.35. The third-order valence-corrected chi connectivity index (χ3v) is 4.35. The van der Waals surface area contributed by atoms with Crippen LogP contribution in [-0.2, 0) is 4.74 Å². The predicted molar refractivity (Wildman–Crippen MR) is 108 cm³/mol. The first-order chi connectivity index (χ1) is 13.6. The van der Waals surface area contributed by atoms with Crippen molar-refractivity contribution in [2.24, 2.45) is 0 Å². The Kier molecular flexibility index (Phi) is 7.19. The van der Waals surface area contributed by atoms with Gasteiger partial charge in [-0.25, -0.2) is 14.2 Å². The van der Waals surface area contributed by atoms with Gasteiger partial charge in [0.15, 0.2) is 5.78 Å². The van der Waals surface area contributed by atoms with Crippen molar-refractivity contribution < 1.29 is 23.5 Å². The molecule has 0 bridgehead atoms. The minimum Gasteiger partial charge on any atom is -0.481 e. The van der Waals surface area contributed by atoms with E-state index in [-0.39, 0.29) is 21.7 Å². The number of hydrogen-bond donors (Lipinski definition) is 1. The Morgan fingerprint density at radius 3 is 2.45 bits per heavy atom. The highest BCUT2D eigenvalue weighted by Crippen LogP contribution is 2.30. The number of hydrogen-bond acceptors (Lipinski definition) is 5. The van der Waals surface area contributed by atoms with Crippen molar-refractivity contribution in [1.82, 2.24) is 10.3 Å². The minimum atomic E-state index is -0.791. The van der Waals surface area contributed by atoms with E-state index in [0.29, 0.717) is 12.3 Å². The number of nitrogens with zero attached hydrogens (tertiary/aromatic N) is 1. The third kappa shape index (κ3) is 5.67. The van der Waals surface area contributed by atoms with Gasteiger partial charge in [-0.05, 0) is 39.3 Å². The summed E-state index contributed by atoms with van der Waals surface area (Å²) in [5, 5.41) is 2.61. The van der Waals surface area contributed by atoms with Crippen molar-refractivity contribution in [3.8, 4) is 5.88 Å². The largest absolute Gasteiger partial charge is 0.481 e. The maximum absolute atomic E-state index is 15.3. The fourth-order valence-corrected chi connectivity index (χ4v) is 2.91. The zero-order valence-electron chi connectivity index (χ0n) is 17.0. The number of methoxy groups -OCH3 is 1. The van der Waals surface area contributed by atoms with Crippen LogP contribution in [0.3, 0.4) is 0 Å². The van der Waals surface area contributed by atoms with Gasteiger partial charge in [0.2, 0.25) is 5.88 Å². The smallest absolute Gasteiger partial charge is 0.408 e. The zero-order valence-corrected chi connectivity index (χ0v) is 17.8. The summed E-state index contributed by atoms with van der Waals surface area (Å²) in [7, 11) is 1.45. The number of amides is 1. The summed E-state index contributed by atoms with van der Waals surface area (Å²) in [6.07, 6.45) is 1.00. The van der Waals surface area contributed by atoms with Gasteiger partial charge in [-0.15, -0.1) is 0 Å². The van der Waals surface area contributed by atoms with Crippen LogP contribution in [0.5, 0.6) is 5.88 Å². The van der Waals surface area contributed by atoms with Gasteiger partial charge in [-0.1, -0.05) is 24.6 Å². The van der Waals surface area contributed by atoms with E-state index in [1.807, 2.05) is 0 Å². The number of pyridine rings is 1. The Bertz CT molecular complexity index is 895. The predicted octanol–water partition coefficient (Wildman–Crippen LogP) is 5.09. The Morgan fingerprint density at radius 2 is 1.93 bits per heavy atom. The topological polar surface area (TPSA) is 77.5 Å². The van der Waals surface area contributed by atoms with Crippen LogP contribution < -0.4 is 10.1 Å². The van der Waals surface area contributed by atoms with Crippen LogP contribution in [0.1, 0.15) is 61.6 Å². The molecule has 0 unspecified atom stereocenters. The molecule has 156 valence electrons. The van der Waals surface area contributed by atoms with Crippen LogP contribution in [0, 0.1) is 5.82 Å². The molecule has 0 aliphatic carbocycles. The molecule has 0 aliphatic heterocycles. The zero-order chi connectivity index (χ0) is 21.8. The summed E-state index contributed by atoms with van der Waals surface area (Å²) < 4.78 is 25.5. The molecular formula is C21H24ClFN2O4. The van der Waals surface area contributed by atoms with Gasteiger partial charge >= 0.3 is 6.09 Å². The molecule has 1 aromatic heterocycles.